The molecule has 1 heterocycles. The molecule has 2 rings (SSSR count). The Balaban J connectivity index is 2.06. The van der Waals surface area contributed by atoms with E-state index in [0.717, 1.165) is 47.8 Å². The molecule has 0 unspecified atom stereocenters. The molecule has 0 spiro atoms. The Hall–Kier alpha value is -1.22. The Kier molecular flexibility index (Phi) is 6.37. The van der Waals surface area contributed by atoms with Gasteiger partial charge in [-0.1, -0.05) is 13.0 Å². The van der Waals surface area contributed by atoms with E-state index in [0.29, 0.717) is 6.61 Å². The van der Waals surface area contributed by atoms with Crippen molar-refractivity contribution < 1.29 is 9.84 Å². The summed E-state index contributed by atoms with van der Waals surface area (Å²) in [5.74, 6) is 0.967. The van der Waals surface area contributed by atoms with Gasteiger partial charge in [0.1, 0.15) is 6.07 Å². The minimum absolute atomic E-state index is 0.0785. The van der Waals surface area contributed by atoms with E-state index in [-0.39, 0.29) is 12.7 Å². The summed E-state index contributed by atoms with van der Waals surface area (Å²) in [6.07, 6.45) is 2.11. The first-order valence-corrected chi connectivity index (χ1v) is 8.42. The number of thioether (sulfide) groups is 1. The third-order valence-electron chi connectivity index (χ3n) is 3.64. The molecular weight excluding hydrogens is 284 g/mol. The van der Waals surface area contributed by atoms with Gasteiger partial charge in [-0.2, -0.15) is 5.26 Å². The van der Waals surface area contributed by atoms with E-state index in [2.05, 4.69) is 17.9 Å². The fourth-order valence-electron chi connectivity index (χ4n) is 2.65. The molecule has 4 nitrogen and oxygen atoms in total. The Morgan fingerprint density at radius 2 is 2.19 bits per heavy atom. The second-order valence-electron chi connectivity index (χ2n) is 4.98. The second-order valence-corrected chi connectivity index (χ2v) is 6.28. The van der Waals surface area contributed by atoms with Crippen molar-refractivity contribution in [3.63, 3.8) is 0 Å². The van der Waals surface area contributed by atoms with Crippen LogP contribution in [0, 0.1) is 11.3 Å². The smallest absolute Gasteiger partial charge is 0.103 e. The van der Waals surface area contributed by atoms with E-state index >= 15 is 0 Å². The highest BCUT2D eigenvalue weighted by Gasteiger charge is 2.22. The van der Waals surface area contributed by atoms with E-state index in [4.69, 9.17) is 9.84 Å². The zero-order valence-corrected chi connectivity index (χ0v) is 13.2. The largest absolute Gasteiger partial charge is 0.394 e. The highest BCUT2D eigenvalue weighted by Crippen LogP contribution is 2.31. The van der Waals surface area contributed by atoms with Crippen LogP contribution in [0.15, 0.2) is 23.1 Å². The van der Waals surface area contributed by atoms with E-state index in [1.54, 1.807) is 11.8 Å². The first-order valence-electron chi connectivity index (χ1n) is 7.43. The summed E-state index contributed by atoms with van der Waals surface area (Å²) in [5, 5.41) is 18.3. The van der Waals surface area contributed by atoms with Gasteiger partial charge in [0, 0.05) is 18.0 Å². The lowest BCUT2D eigenvalue weighted by atomic mass is 10.1. The fourth-order valence-corrected chi connectivity index (χ4v) is 3.43. The summed E-state index contributed by atoms with van der Waals surface area (Å²) >= 11 is 1.71. The molecule has 21 heavy (non-hydrogen) atoms. The van der Waals surface area contributed by atoms with Crippen LogP contribution < -0.4 is 4.90 Å². The lowest BCUT2D eigenvalue weighted by Gasteiger charge is -2.34. The van der Waals surface area contributed by atoms with Gasteiger partial charge in [-0.3, -0.25) is 0 Å². The minimum Gasteiger partial charge on any atom is -0.394 e. The first kappa shape index (κ1) is 16.2. The summed E-state index contributed by atoms with van der Waals surface area (Å²) in [7, 11) is 0. The number of ether oxygens (including phenoxy) is 1. The predicted octanol–water partition coefficient (Wildman–Crippen LogP) is 2.65. The van der Waals surface area contributed by atoms with Crippen LogP contribution in [0.4, 0.5) is 5.69 Å². The fraction of sp³-hybridized carbons (Fsp3) is 0.562. The van der Waals surface area contributed by atoms with Gasteiger partial charge in [-0.25, -0.2) is 0 Å². The number of aliphatic hydroxyl groups excluding tert-OH is 1. The molecule has 1 aliphatic rings. The van der Waals surface area contributed by atoms with Crippen LogP contribution in [0.2, 0.25) is 0 Å². The number of piperidine rings is 1. The summed E-state index contributed by atoms with van der Waals surface area (Å²) in [5.41, 5.74) is 1.83. The van der Waals surface area contributed by atoms with Gasteiger partial charge in [0.2, 0.25) is 0 Å². The van der Waals surface area contributed by atoms with Gasteiger partial charge < -0.3 is 14.7 Å². The summed E-state index contributed by atoms with van der Waals surface area (Å²) < 4.78 is 5.59. The molecule has 0 saturated carbocycles. The molecule has 5 heteroatoms. The average molecular weight is 306 g/mol. The summed E-state index contributed by atoms with van der Waals surface area (Å²) in [6.45, 7) is 4.38. The van der Waals surface area contributed by atoms with Crippen LogP contribution in [0.1, 0.15) is 25.3 Å². The highest BCUT2D eigenvalue weighted by atomic mass is 32.2. The van der Waals surface area contributed by atoms with Gasteiger partial charge in [0.25, 0.3) is 0 Å². The number of nitrogens with zero attached hydrogens (tertiary/aromatic N) is 2. The van der Waals surface area contributed by atoms with Crippen molar-refractivity contribution in [3.05, 3.63) is 23.8 Å². The molecule has 0 amide bonds. The van der Waals surface area contributed by atoms with Gasteiger partial charge >= 0.3 is 0 Å². The standard InChI is InChI=1S/C16H22N2O2S/c1-2-21-16-5-3-4-15(14(16)12-17)18-8-6-13(7-9-18)20-11-10-19/h3-5,13,19H,2,6-11H2,1H3. The van der Waals surface area contributed by atoms with E-state index < -0.39 is 0 Å². The molecular formula is C16H22N2O2S. The third-order valence-corrected chi connectivity index (χ3v) is 4.58. The molecule has 0 atom stereocenters. The van der Waals surface area contributed by atoms with Crippen LogP contribution in [0.25, 0.3) is 0 Å². The van der Waals surface area contributed by atoms with Crippen molar-refractivity contribution in [1.82, 2.24) is 0 Å². The maximum atomic E-state index is 9.48. The monoisotopic (exact) mass is 306 g/mol. The average Bonchev–Trinajstić information content (AvgIpc) is 2.53. The minimum atomic E-state index is 0.0785. The molecule has 1 fully saturated rings. The Morgan fingerprint density at radius 3 is 2.81 bits per heavy atom. The van der Waals surface area contributed by atoms with Crippen LogP contribution >= 0.6 is 11.8 Å². The number of nitriles is 1. The van der Waals surface area contributed by atoms with Crippen molar-refractivity contribution >= 4 is 17.4 Å². The van der Waals surface area contributed by atoms with Crippen molar-refractivity contribution in [2.75, 3.05) is 37.0 Å². The Labute approximate surface area is 130 Å². The maximum absolute atomic E-state index is 9.48. The van der Waals surface area contributed by atoms with Gasteiger partial charge in [-0.15, -0.1) is 11.8 Å². The zero-order valence-electron chi connectivity index (χ0n) is 12.4. The zero-order chi connectivity index (χ0) is 15.1. The SMILES string of the molecule is CCSc1cccc(N2CCC(OCCO)CC2)c1C#N. The summed E-state index contributed by atoms with van der Waals surface area (Å²) in [6, 6.07) is 8.45. The van der Waals surface area contributed by atoms with Crippen LogP contribution in [0.3, 0.4) is 0 Å². The summed E-state index contributed by atoms with van der Waals surface area (Å²) in [4.78, 5) is 3.34. The van der Waals surface area contributed by atoms with Crippen molar-refractivity contribution in [2.45, 2.75) is 30.8 Å². The van der Waals surface area contributed by atoms with Crippen molar-refractivity contribution in [3.8, 4) is 6.07 Å². The van der Waals surface area contributed by atoms with Crippen LogP contribution in [-0.2, 0) is 4.74 Å². The molecule has 1 N–H and O–H groups in total. The lowest BCUT2D eigenvalue weighted by molar-refractivity contribution is 0.0159. The number of hydrogen-bond donors (Lipinski definition) is 1. The number of benzene rings is 1. The Morgan fingerprint density at radius 1 is 1.43 bits per heavy atom. The number of hydrogen-bond acceptors (Lipinski definition) is 5. The molecule has 1 aromatic rings. The van der Waals surface area contributed by atoms with E-state index in [1.165, 1.54) is 0 Å². The molecule has 114 valence electrons. The molecule has 0 aliphatic carbocycles. The van der Waals surface area contributed by atoms with Crippen molar-refractivity contribution in [2.24, 2.45) is 0 Å². The van der Waals surface area contributed by atoms with Gasteiger partial charge in [0.15, 0.2) is 0 Å². The van der Waals surface area contributed by atoms with E-state index in [1.807, 2.05) is 18.2 Å². The quantitative estimate of drug-likeness (QED) is 0.819. The molecule has 1 aliphatic heterocycles. The molecule has 1 aromatic carbocycles. The number of aliphatic hydroxyl groups is 1. The Bertz CT molecular complexity index is 494. The van der Waals surface area contributed by atoms with Crippen LogP contribution in [-0.4, -0.2) is 43.3 Å². The topological polar surface area (TPSA) is 56.5 Å². The number of anilines is 1. The lowest BCUT2D eigenvalue weighted by Crippen LogP contribution is -2.37. The number of rotatable bonds is 6. The molecule has 0 bridgehead atoms. The predicted molar refractivity (Wildman–Crippen MR) is 85.8 cm³/mol. The normalized spacial score (nSPS) is 16.0. The molecule has 0 aromatic heterocycles. The molecule has 0 radical (unpaired) electrons. The van der Waals surface area contributed by atoms with E-state index in [9.17, 15) is 5.26 Å². The van der Waals surface area contributed by atoms with Gasteiger partial charge in [-0.05, 0) is 30.7 Å². The highest BCUT2D eigenvalue weighted by molar-refractivity contribution is 7.99. The molecule has 1 saturated heterocycles. The van der Waals surface area contributed by atoms with Crippen LogP contribution in [0.5, 0.6) is 0 Å². The third kappa shape index (κ3) is 4.13. The van der Waals surface area contributed by atoms with Gasteiger partial charge in [0.05, 0.1) is 30.6 Å². The van der Waals surface area contributed by atoms with Crippen molar-refractivity contribution in [1.29, 1.82) is 5.26 Å². The maximum Gasteiger partial charge on any atom is 0.103 e. The second kappa shape index (κ2) is 8.28. The first-order chi connectivity index (χ1) is 10.3.